The number of hydrogen-bond acceptors (Lipinski definition) is 0. The maximum absolute atomic E-state index is 4.59. The van der Waals surface area contributed by atoms with Crippen molar-refractivity contribution in [2.45, 2.75) is 89.4 Å². The summed E-state index contributed by atoms with van der Waals surface area (Å²) in [5.41, 5.74) is 9.48. The van der Waals surface area contributed by atoms with E-state index in [9.17, 15) is 0 Å². The highest BCUT2D eigenvalue weighted by Crippen LogP contribution is 2.53. The highest BCUT2D eigenvalue weighted by Gasteiger charge is 2.38. The van der Waals surface area contributed by atoms with E-state index in [0.29, 0.717) is 11.8 Å². The second-order valence-corrected chi connectivity index (χ2v) is 11.5. The minimum absolute atomic E-state index is 0.340. The number of rotatable bonds is 4. The summed E-state index contributed by atoms with van der Waals surface area (Å²) in [6.07, 6.45) is 17.8. The van der Waals surface area contributed by atoms with Gasteiger partial charge in [-0.25, -0.2) is 0 Å². The molecule has 170 valence electrons. The van der Waals surface area contributed by atoms with Gasteiger partial charge in [-0.2, -0.15) is 0 Å². The first-order valence-corrected chi connectivity index (χ1v) is 13.4. The zero-order chi connectivity index (χ0) is 22.2. The maximum Gasteiger partial charge on any atom is 0.0155 e. The zero-order valence-corrected chi connectivity index (χ0v) is 20.1. The van der Waals surface area contributed by atoms with Crippen LogP contribution in [0.3, 0.4) is 0 Å². The largest absolute Gasteiger partial charge is 0.0995 e. The Hall–Kier alpha value is -1.82. The number of benzene rings is 1. The summed E-state index contributed by atoms with van der Waals surface area (Å²) in [4.78, 5) is 0. The fourth-order valence-corrected chi connectivity index (χ4v) is 7.53. The molecule has 2 unspecified atom stereocenters. The van der Waals surface area contributed by atoms with Crippen molar-refractivity contribution in [3.63, 3.8) is 0 Å². The first-order valence-electron chi connectivity index (χ1n) is 13.4. The molecule has 0 nitrogen and oxygen atoms in total. The normalized spacial score (nSPS) is 31.8. The molecule has 32 heavy (non-hydrogen) atoms. The molecule has 2 atom stereocenters. The molecule has 0 N–H and O–H groups in total. The second-order valence-electron chi connectivity index (χ2n) is 11.5. The zero-order valence-electron chi connectivity index (χ0n) is 20.1. The van der Waals surface area contributed by atoms with Crippen molar-refractivity contribution in [2.75, 3.05) is 0 Å². The summed E-state index contributed by atoms with van der Waals surface area (Å²) >= 11 is 0. The van der Waals surface area contributed by atoms with Crippen molar-refractivity contribution >= 4 is 11.1 Å². The molecule has 0 spiro atoms. The molecule has 3 saturated carbocycles. The topological polar surface area (TPSA) is 0 Å². The monoisotopic (exact) mass is 426 g/mol. The van der Waals surface area contributed by atoms with Crippen LogP contribution >= 0.6 is 0 Å². The van der Waals surface area contributed by atoms with Gasteiger partial charge in [-0.1, -0.05) is 87.8 Å². The van der Waals surface area contributed by atoms with Crippen LogP contribution in [0.25, 0.3) is 11.1 Å². The van der Waals surface area contributed by atoms with Gasteiger partial charge in [0, 0.05) is 5.92 Å². The highest BCUT2D eigenvalue weighted by molar-refractivity contribution is 5.94. The van der Waals surface area contributed by atoms with Crippen LogP contribution in [0.15, 0.2) is 55.7 Å². The van der Waals surface area contributed by atoms with E-state index < -0.39 is 0 Å². The lowest BCUT2D eigenvalue weighted by molar-refractivity contribution is 0.233. The third-order valence-electron chi connectivity index (χ3n) is 9.41. The molecule has 1 aromatic carbocycles. The Labute approximate surface area is 196 Å². The fourth-order valence-electron chi connectivity index (χ4n) is 7.53. The molecule has 0 bridgehead atoms. The Balaban J connectivity index is 1.25. The van der Waals surface area contributed by atoms with Crippen LogP contribution in [-0.2, 0) is 0 Å². The van der Waals surface area contributed by atoms with Gasteiger partial charge in [0.2, 0.25) is 0 Å². The molecule has 0 aromatic heterocycles. The van der Waals surface area contributed by atoms with Crippen molar-refractivity contribution in [2.24, 2.45) is 23.7 Å². The molecular formula is C32H42. The third kappa shape index (κ3) is 4.23. The molecular weight excluding hydrogens is 384 g/mol. The van der Waals surface area contributed by atoms with E-state index in [4.69, 9.17) is 0 Å². The van der Waals surface area contributed by atoms with E-state index in [0.717, 1.165) is 37.0 Å². The van der Waals surface area contributed by atoms with Crippen LogP contribution in [-0.4, -0.2) is 0 Å². The van der Waals surface area contributed by atoms with Gasteiger partial charge < -0.3 is 0 Å². The summed E-state index contributed by atoms with van der Waals surface area (Å²) in [5.74, 6) is 3.56. The first-order chi connectivity index (χ1) is 15.5. The van der Waals surface area contributed by atoms with Gasteiger partial charge in [-0.05, 0) is 103 Å². The van der Waals surface area contributed by atoms with Crippen LogP contribution in [0.2, 0.25) is 0 Å². The summed E-state index contributed by atoms with van der Waals surface area (Å²) in [6, 6.07) is 7.25. The van der Waals surface area contributed by atoms with Gasteiger partial charge in [0.15, 0.2) is 0 Å². The van der Waals surface area contributed by atoms with Crippen molar-refractivity contribution in [3.05, 3.63) is 72.4 Å². The van der Waals surface area contributed by atoms with Gasteiger partial charge in [0.1, 0.15) is 0 Å². The predicted molar refractivity (Wildman–Crippen MR) is 140 cm³/mol. The highest BCUT2D eigenvalue weighted by atomic mass is 14.4. The fraction of sp³-hybridized carbons (Fsp3) is 0.562. The summed E-state index contributed by atoms with van der Waals surface area (Å²) < 4.78 is 0. The van der Waals surface area contributed by atoms with Gasteiger partial charge in [0.25, 0.3) is 0 Å². The van der Waals surface area contributed by atoms with Gasteiger partial charge in [-0.15, -0.1) is 0 Å². The van der Waals surface area contributed by atoms with E-state index in [1.54, 1.807) is 5.56 Å². The van der Waals surface area contributed by atoms with Gasteiger partial charge >= 0.3 is 0 Å². The molecule has 5 rings (SSSR count). The molecule has 1 aromatic rings. The molecule has 0 amide bonds. The van der Waals surface area contributed by atoms with Crippen molar-refractivity contribution in [1.29, 1.82) is 0 Å². The lowest BCUT2D eigenvalue weighted by atomic mass is 9.72. The van der Waals surface area contributed by atoms with E-state index in [2.05, 4.69) is 44.5 Å². The Morgan fingerprint density at radius 2 is 1.41 bits per heavy atom. The van der Waals surface area contributed by atoms with Crippen LogP contribution in [0.1, 0.15) is 106 Å². The molecule has 4 aliphatic carbocycles. The van der Waals surface area contributed by atoms with Crippen molar-refractivity contribution in [1.82, 2.24) is 0 Å². The molecule has 0 heterocycles. The van der Waals surface area contributed by atoms with Crippen molar-refractivity contribution < 1.29 is 0 Å². The van der Waals surface area contributed by atoms with Gasteiger partial charge in [-0.3, -0.25) is 0 Å². The van der Waals surface area contributed by atoms with Crippen molar-refractivity contribution in [3.8, 4) is 0 Å². The van der Waals surface area contributed by atoms with Crippen LogP contribution in [0, 0.1) is 23.7 Å². The first kappa shape index (κ1) is 22.0. The minimum atomic E-state index is 0.340. The molecule has 0 heteroatoms. The van der Waals surface area contributed by atoms with Crippen LogP contribution in [0.4, 0.5) is 0 Å². The number of fused-ring (bicyclic) bond motifs is 1. The lowest BCUT2D eigenvalue weighted by Crippen LogP contribution is -2.19. The third-order valence-corrected chi connectivity index (χ3v) is 9.41. The Bertz CT molecular complexity index is 913. The second kappa shape index (κ2) is 9.20. The average molecular weight is 427 g/mol. The van der Waals surface area contributed by atoms with E-state index in [1.165, 1.54) is 97.6 Å². The molecule has 0 saturated heterocycles. The number of allylic oxidation sites excluding steroid dienone is 4. The summed E-state index contributed by atoms with van der Waals surface area (Å²) in [7, 11) is 0. The molecule has 0 radical (unpaired) electrons. The molecule has 0 aliphatic heterocycles. The molecule has 4 aliphatic rings. The minimum Gasteiger partial charge on any atom is -0.0995 e. The summed E-state index contributed by atoms with van der Waals surface area (Å²) in [5, 5.41) is 0. The van der Waals surface area contributed by atoms with E-state index >= 15 is 0 Å². The lowest BCUT2D eigenvalue weighted by Gasteiger charge is -2.32. The summed E-state index contributed by atoms with van der Waals surface area (Å²) in [6.45, 7) is 17.8. The Morgan fingerprint density at radius 3 is 2.12 bits per heavy atom. The average Bonchev–Trinajstić information content (AvgIpc) is 3.05. The van der Waals surface area contributed by atoms with Crippen LogP contribution < -0.4 is 0 Å². The predicted octanol–water partition coefficient (Wildman–Crippen LogP) is 9.50. The molecule has 3 fully saturated rings. The number of hydrogen-bond donors (Lipinski definition) is 0. The Kier molecular flexibility index (Phi) is 6.33. The SMILES string of the molecule is C=C1CCC(C2C(=C)c3ccc(C4CCC(CC5CCCCC5)CC4)cc3C2=C)C(=C)C1. The maximum atomic E-state index is 4.59. The standard InChI is InChI=1S/C32H42/c1-21-10-16-29(22(2)18-21)32-23(3)30-17-15-28(20-31(30)24(32)4)27-13-11-26(12-14-27)19-25-8-6-5-7-9-25/h15,17,20,25-27,29,32H,1-14,16,18-19H2. The smallest absolute Gasteiger partial charge is 0.0155 e. The van der Waals surface area contributed by atoms with Crippen LogP contribution in [0.5, 0.6) is 0 Å². The van der Waals surface area contributed by atoms with Gasteiger partial charge in [0.05, 0.1) is 0 Å². The Morgan fingerprint density at radius 1 is 0.719 bits per heavy atom. The van der Waals surface area contributed by atoms with E-state index in [-0.39, 0.29) is 0 Å². The quantitative estimate of drug-likeness (QED) is 0.420. The van der Waals surface area contributed by atoms with E-state index in [1.807, 2.05) is 0 Å².